The molecule has 17 heavy (non-hydrogen) atoms. The maximum Gasteiger partial charge on any atom is 0.435 e. The van der Waals surface area contributed by atoms with Crippen LogP contribution < -0.4 is 0 Å². The Morgan fingerprint density at radius 3 is 2.94 bits per heavy atom. The normalized spacial score (nSPS) is 14.5. The summed E-state index contributed by atoms with van der Waals surface area (Å²) in [7, 11) is 1.45. The molecule has 0 unspecified atom stereocenters. The molecule has 0 fully saturated rings. The van der Waals surface area contributed by atoms with Crippen molar-refractivity contribution in [2.45, 2.75) is 6.54 Å². The number of halogens is 1. The molecule has 2 heterocycles. The monoisotopic (exact) mass is 239 g/mol. The molecule has 0 N–H and O–H groups in total. The van der Waals surface area contributed by atoms with Crippen LogP contribution in [0.3, 0.4) is 0 Å². The Labute approximate surface area is 96.6 Å². The number of carbonyl (C=O) groups is 1. The predicted octanol–water partition coefficient (Wildman–Crippen LogP) is 1.13. The molecule has 0 saturated carbocycles. The second kappa shape index (κ2) is 4.88. The quantitative estimate of drug-likeness (QED) is 0.584. The van der Waals surface area contributed by atoms with Crippen molar-refractivity contribution in [2.24, 2.45) is 4.99 Å². The van der Waals surface area contributed by atoms with Gasteiger partial charge < -0.3 is 4.74 Å². The number of hydrogen-bond donors (Lipinski definition) is 0. The first-order chi connectivity index (χ1) is 8.19. The van der Waals surface area contributed by atoms with E-state index in [-0.39, 0.29) is 6.61 Å². The van der Waals surface area contributed by atoms with Crippen molar-refractivity contribution in [2.75, 3.05) is 13.7 Å². The molecule has 0 radical (unpaired) electrons. The summed E-state index contributed by atoms with van der Waals surface area (Å²) in [6, 6.07) is 2.83. The fourth-order valence-corrected chi connectivity index (χ4v) is 1.35. The Hall–Kier alpha value is -2.02. The van der Waals surface area contributed by atoms with Crippen LogP contribution in [0.1, 0.15) is 5.56 Å². The lowest BCUT2D eigenvalue weighted by molar-refractivity contribution is -0.0744. The Balaban J connectivity index is 2.07. The Morgan fingerprint density at radius 2 is 2.41 bits per heavy atom. The van der Waals surface area contributed by atoms with Crippen LogP contribution in [0.4, 0.5) is 9.18 Å². The smallest absolute Gasteiger partial charge is 0.435 e. The largest absolute Gasteiger partial charge is 0.440 e. The summed E-state index contributed by atoms with van der Waals surface area (Å²) < 4.78 is 17.3. The van der Waals surface area contributed by atoms with E-state index < -0.39 is 12.0 Å². The first kappa shape index (κ1) is 11.5. The number of ether oxygens (including phenoxy) is 1. The number of hydroxylamine groups is 2. The molecule has 90 valence electrons. The minimum Gasteiger partial charge on any atom is -0.440 e. The number of amidine groups is 1. The molecule has 1 aliphatic rings. The number of amides is 1. The highest BCUT2D eigenvalue weighted by molar-refractivity contribution is 5.96. The third kappa shape index (κ3) is 2.76. The second-order valence-corrected chi connectivity index (χ2v) is 3.29. The first-order valence-corrected chi connectivity index (χ1v) is 4.85. The molecule has 1 aromatic rings. The lowest BCUT2D eigenvalue weighted by Gasteiger charge is -2.19. The van der Waals surface area contributed by atoms with Crippen LogP contribution in [0.5, 0.6) is 0 Å². The van der Waals surface area contributed by atoms with Gasteiger partial charge in [0, 0.05) is 6.20 Å². The van der Waals surface area contributed by atoms with Crippen LogP contribution in [-0.4, -0.2) is 35.7 Å². The number of nitrogens with zero attached hydrogens (tertiary/aromatic N) is 3. The molecule has 1 aliphatic heterocycles. The van der Waals surface area contributed by atoms with Gasteiger partial charge in [0.15, 0.2) is 12.4 Å². The zero-order chi connectivity index (χ0) is 12.3. The molecular weight excluding hydrogens is 229 g/mol. The standard InChI is InChI=1S/C10H10FN3O3/c1-16-14(9-6-17-10(15)13-9)5-7-2-3-8(11)12-4-7/h2-4H,5-6H2,1H3. The summed E-state index contributed by atoms with van der Waals surface area (Å²) in [4.78, 5) is 23.0. The van der Waals surface area contributed by atoms with E-state index in [0.29, 0.717) is 12.4 Å². The van der Waals surface area contributed by atoms with Gasteiger partial charge in [-0.3, -0.25) is 4.84 Å². The highest BCUT2D eigenvalue weighted by atomic mass is 19.1. The number of cyclic esters (lactones) is 1. The molecule has 7 heteroatoms. The van der Waals surface area contributed by atoms with Crippen molar-refractivity contribution in [3.63, 3.8) is 0 Å². The topological polar surface area (TPSA) is 64.0 Å². The number of rotatable bonds is 3. The number of carbonyl (C=O) groups excluding carboxylic acids is 1. The number of hydrogen-bond acceptors (Lipinski definition) is 5. The van der Waals surface area contributed by atoms with Gasteiger partial charge in [0.1, 0.15) is 0 Å². The van der Waals surface area contributed by atoms with Gasteiger partial charge in [-0.25, -0.2) is 14.8 Å². The Kier molecular flexibility index (Phi) is 3.29. The van der Waals surface area contributed by atoms with E-state index in [1.807, 2.05) is 0 Å². The maximum atomic E-state index is 12.6. The maximum absolute atomic E-state index is 12.6. The number of pyridine rings is 1. The van der Waals surface area contributed by atoms with Gasteiger partial charge in [-0.1, -0.05) is 6.07 Å². The van der Waals surface area contributed by atoms with Crippen molar-refractivity contribution in [1.82, 2.24) is 10.0 Å². The lowest BCUT2D eigenvalue weighted by Crippen LogP contribution is -2.30. The van der Waals surface area contributed by atoms with E-state index in [2.05, 4.69) is 14.7 Å². The predicted molar refractivity (Wildman–Crippen MR) is 55.5 cm³/mol. The fourth-order valence-electron chi connectivity index (χ4n) is 1.35. The van der Waals surface area contributed by atoms with Crippen LogP contribution in [0, 0.1) is 5.95 Å². The summed E-state index contributed by atoms with van der Waals surface area (Å²) in [5.74, 6) is -0.170. The molecule has 0 aliphatic carbocycles. The molecule has 1 amide bonds. The van der Waals surface area contributed by atoms with Gasteiger partial charge in [0.05, 0.1) is 13.7 Å². The summed E-state index contributed by atoms with van der Waals surface area (Å²) in [6.07, 6.45) is 0.749. The SMILES string of the molecule is CON(Cc1ccc(F)nc1)C1=NC(=O)OC1. The minimum atomic E-state index is -0.640. The third-order valence-corrected chi connectivity index (χ3v) is 2.17. The summed E-state index contributed by atoms with van der Waals surface area (Å²) in [5, 5.41) is 1.39. The van der Waals surface area contributed by atoms with E-state index in [0.717, 1.165) is 5.56 Å². The number of aromatic nitrogens is 1. The summed E-state index contributed by atoms with van der Waals surface area (Å²) in [6.45, 7) is 0.376. The molecule has 0 spiro atoms. The van der Waals surface area contributed by atoms with Gasteiger partial charge in [-0.2, -0.15) is 9.38 Å². The molecule has 6 nitrogen and oxygen atoms in total. The lowest BCUT2D eigenvalue weighted by atomic mass is 10.3. The zero-order valence-electron chi connectivity index (χ0n) is 9.09. The van der Waals surface area contributed by atoms with Crippen LogP contribution in [0.25, 0.3) is 0 Å². The first-order valence-electron chi connectivity index (χ1n) is 4.85. The average molecular weight is 239 g/mol. The number of aliphatic imine (C=N–C) groups is 1. The second-order valence-electron chi connectivity index (χ2n) is 3.29. The molecule has 1 aromatic heterocycles. The van der Waals surface area contributed by atoms with Crippen molar-refractivity contribution in [3.05, 3.63) is 29.8 Å². The van der Waals surface area contributed by atoms with Gasteiger partial charge in [0.25, 0.3) is 0 Å². The van der Waals surface area contributed by atoms with Crippen molar-refractivity contribution in [3.8, 4) is 0 Å². The van der Waals surface area contributed by atoms with E-state index >= 15 is 0 Å². The Morgan fingerprint density at radius 1 is 1.59 bits per heavy atom. The van der Waals surface area contributed by atoms with Crippen LogP contribution >= 0.6 is 0 Å². The van der Waals surface area contributed by atoms with Gasteiger partial charge in [-0.05, 0) is 11.6 Å². The van der Waals surface area contributed by atoms with E-state index in [1.165, 1.54) is 24.4 Å². The van der Waals surface area contributed by atoms with Crippen LogP contribution in [-0.2, 0) is 16.1 Å². The fraction of sp³-hybridized carbons (Fsp3) is 0.300. The molecular formula is C10H10FN3O3. The summed E-state index contributed by atoms with van der Waals surface area (Å²) in [5.41, 5.74) is 0.732. The van der Waals surface area contributed by atoms with Crippen LogP contribution in [0.2, 0.25) is 0 Å². The van der Waals surface area contributed by atoms with E-state index in [4.69, 9.17) is 4.84 Å². The zero-order valence-corrected chi connectivity index (χ0v) is 9.09. The minimum absolute atomic E-state index is 0.0707. The molecule has 0 atom stereocenters. The highest BCUT2D eigenvalue weighted by Gasteiger charge is 2.21. The molecule has 0 bridgehead atoms. The third-order valence-electron chi connectivity index (χ3n) is 2.17. The van der Waals surface area contributed by atoms with E-state index in [9.17, 15) is 9.18 Å². The van der Waals surface area contributed by atoms with Gasteiger partial charge in [0.2, 0.25) is 5.95 Å². The molecule has 0 saturated heterocycles. The molecule has 2 rings (SSSR count). The van der Waals surface area contributed by atoms with Crippen molar-refractivity contribution >= 4 is 11.9 Å². The van der Waals surface area contributed by atoms with Crippen molar-refractivity contribution < 1.29 is 18.8 Å². The Bertz CT molecular complexity index is 447. The van der Waals surface area contributed by atoms with E-state index in [1.54, 1.807) is 6.07 Å². The summed E-state index contributed by atoms with van der Waals surface area (Å²) >= 11 is 0. The van der Waals surface area contributed by atoms with Gasteiger partial charge in [-0.15, -0.1) is 0 Å². The average Bonchev–Trinajstić information content (AvgIpc) is 2.75. The highest BCUT2D eigenvalue weighted by Crippen LogP contribution is 2.09. The van der Waals surface area contributed by atoms with Gasteiger partial charge >= 0.3 is 6.09 Å². The van der Waals surface area contributed by atoms with Crippen molar-refractivity contribution in [1.29, 1.82) is 0 Å². The molecule has 0 aromatic carbocycles. The van der Waals surface area contributed by atoms with Crippen LogP contribution in [0.15, 0.2) is 23.3 Å².